The molecule has 0 aromatic carbocycles. The fourth-order valence-electron chi connectivity index (χ4n) is 4.91. The summed E-state index contributed by atoms with van der Waals surface area (Å²) in [6.45, 7) is 13.4. The molecule has 0 spiro atoms. The molecule has 0 unspecified atom stereocenters. The molecule has 5 amide bonds. The molecule has 1 rings (SSSR count). The number of amides is 5. The van der Waals surface area contributed by atoms with E-state index >= 15 is 0 Å². The van der Waals surface area contributed by atoms with Crippen LogP contribution >= 0.6 is 0 Å². The monoisotopic (exact) mass is 653 g/mol. The van der Waals surface area contributed by atoms with Crippen molar-refractivity contribution in [2.75, 3.05) is 6.54 Å². The summed E-state index contributed by atoms with van der Waals surface area (Å²) in [5.74, 6) is -3.27. The van der Waals surface area contributed by atoms with Crippen molar-refractivity contribution in [2.45, 2.75) is 137 Å². The maximum atomic E-state index is 13.4. The van der Waals surface area contributed by atoms with Crippen molar-refractivity contribution >= 4 is 35.5 Å². The molecular weight excluding hydrogens is 594 g/mol. The number of carboxylic acid groups (broad SMARTS) is 1. The third-order valence-corrected chi connectivity index (χ3v) is 7.82. The summed E-state index contributed by atoms with van der Waals surface area (Å²) in [6.07, 6.45) is 3.29. The number of aliphatic hydroxyl groups excluding tert-OH is 1. The largest absolute Gasteiger partial charge is 0.481 e. The quantitative estimate of drug-likeness (QED) is 0.0813. The van der Waals surface area contributed by atoms with Crippen molar-refractivity contribution in [3.8, 4) is 0 Å². The van der Waals surface area contributed by atoms with E-state index in [1.807, 2.05) is 20.8 Å². The number of nitrogens with one attached hydrogen (secondary N) is 5. The van der Waals surface area contributed by atoms with Gasteiger partial charge < -0.3 is 36.8 Å². The topological polar surface area (TPSA) is 203 Å². The Bertz CT molecular complexity index is 1020. The molecular formula is C33H59N5O8. The van der Waals surface area contributed by atoms with Gasteiger partial charge in [0.15, 0.2) is 0 Å². The number of aliphatic hydroxyl groups is 1. The molecule has 264 valence electrons. The number of carbonyl (C=O) groups is 6. The summed E-state index contributed by atoms with van der Waals surface area (Å²) in [7, 11) is 0. The lowest BCUT2D eigenvalue weighted by molar-refractivity contribution is -0.137. The third kappa shape index (κ3) is 16.7. The van der Waals surface area contributed by atoms with Crippen LogP contribution in [0.1, 0.15) is 106 Å². The second-order valence-electron chi connectivity index (χ2n) is 12.5. The van der Waals surface area contributed by atoms with Crippen LogP contribution < -0.4 is 26.6 Å². The van der Waals surface area contributed by atoms with Crippen molar-refractivity contribution in [3.05, 3.63) is 12.7 Å². The molecule has 0 bridgehead atoms. The minimum Gasteiger partial charge on any atom is -0.481 e. The number of carboxylic acids is 1. The first-order valence-electron chi connectivity index (χ1n) is 16.2. The first-order valence-corrected chi connectivity index (χ1v) is 16.2. The lowest BCUT2D eigenvalue weighted by Gasteiger charge is -2.29. The van der Waals surface area contributed by atoms with Gasteiger partial charge >= 0.3 is 5.97 Å². The van der Waals surface area contributed by atoms with E-state index < -0.39 is 59.9 Å². The minimum absolute atomic E-state index is 0. The highest BCUT2D eigenvalue weighted by molar-refractivity contribution is 5.92. The number of carbonyl (C=O) groups excluding carboxylic acids is 5. The van der Waals surface area contributed by atoms with E-state index in [0.29, 0.717) is 31.7 Å². The molecule has 6 atom stereocenters. The first kappa shape index (κ1) is 42.5. The third-order valence-electron chi connectivity index (χ3n) is 7.82. The van der Waals surface area contributed by atoms with E-state index in [2.05, 4.69) is 33.2 Å². The standard InChI is InChI=1S/C32H55N5O8.CH4/c1-7-11-22(35-32(45)29(20(6)8-2)37-26(39)12-10-13-28(41)42)31(44)36-23(16-19(4)5)25(38)18-27(40)34-24(17-21-14-15-21)30(43)33-9-3;/h7,19-25,29,38H,1,8-18H2,2-6H3,(H,33,43)(H,34,40)(H,35,45)(H,36,44)(H,37,39)(H,41,42);1H4/t20-,22-,23-,24-,25-,29-;/m0./s1. The Morgan fingerprint density at radius 1 is 0.870 bits per heavy atom. The number of hydrogen-bond acceptors (Lipinski definition) is 7. The molecule has 1 fully saturated rings. The molecule has 1 saturated carbocycles. The van der Waals surface area contributed by atoms with Gasteiger partial charge in [-0.25, -0.2) is 0 Å². The fourth-order valence-corrected chi connectivity index (χ4v) is 4.91. The molecule has 1 aliphatic rings. The van der Waals surface area contributed by atoms with Gasteiger partial charge in [-0.15, -0.1) is 6.58 Å². The molecule has 0 saturated heterocycles. The molecule has 13 nitrogen and oxygen atoms in total. The number of aliphatic carboxylic acids is 1. The van der Waals surface area contributed by atoms with Crippen molar-refractivity contribution < 1.29 is 39.0 Å². The van der Waals surface area contributed by atoms with Crippen molar-refractivity contribution in [1.82, 2.24) is 26.6 Å². The van der Waals surface area contributed by atoms with Crippen LogP contribution in [0.5, 0.6) is 0 Å². The van der Waals surface area contributed by atoms with Gasteiger partial charge in [0.25, 0.3) is 0 Å². The molecule has 0 aromatic rings. The summed E-state index contributed by atoms with van der Waals surface area (Å²) in [5, 5.41) is 33.5. The molecule has 46 heavy (non-hydrogen) atoms. The Balaban J connectivity index is 0.0000202. The Labute approximate surface area is 274 Å². The fraction of sp³-hybridized carbons (Fsp3) is 0.758. The zero-order valence-corrected chi connectivity index (χ0v) is 27.5. The zero-order chi connectivity index (χ0) is 34.1. The van der Waals surface area contributed by atoms with E-state index in [0.717, 1.165) is 12.8 Å². The van der Waals surface area contributed by atoms with Crippen LogP contribution in [0.25, 0.3) is 0 Å². The summed E-state index contributed by atoms with van der Waals surface area (Å²) in [6, 6.07) is -3.54. The molecule has 1 aliphatic carbocycles. The Morgan fingerprint density at radius 3 is 2.04 bits per heavy atom. The van der Waals surface area contributed by atoms with Crippen LogP contribution in [0.4, 0.5) is 0 Å². The smallest absolute Gasteiger partial charge is 0.303 e. The second-order valence-corrected chi connectivity index (χ2v) is 12.5. The normalized spacial score (nSPS) is 16.3. The lowest BCUT2D eigenvalue weighted by atomic mass is 9.95. The predicted octanol–water partition coefficient (Wildman–Crippen LogP) is 2.17. The maximum absolute atomic E-state index is 13.4. The highest BCUT2D eigenvalue weighted by Crippen LogP contribution is 2.33. The van der Waals surface area contributed by atoms with Gasteiger partial charge in [0.1, 0.15) is 18.1 Å². The van der Waals surface area contributed by atoms with E-state index in [1.165, 1.54) is 6.08 Å². The Kier molecular flexibility index (Phi) is 20.4. The van der Waals surface area contributed by atoms with Gasteiger partial charge in [-0.2, -0.15) is 0 Å². The molecule has 13 heteroatoms. The van der Waals surface area contributed by atoms with Gasteiger partial charge in [-0.1, -0.05) is 60.5 Å². The number of hydrogen-bond donors (Lipinski definition) is 7. The van der Waals surface area contributed by atoms with Crippen LogP contribution in [0.2, 0.25) is 0 Å². The molecule has 0 heterocycles. The summed E-state index contributed by atoms with van der Waals surface area (Å²) < 4.78 is 0. The lowest BCUT2D eigenvalue weighted by Crippen LogP contribution is -2.57. The summed E-state index contributed by atoms with van der Waals surface area (Å²) in [4.78, 5) is 75.3. The van der Waals surface area contributed by atoms with E-state index in [9.17, 15) is 33.9 Å². The first-order chi connectivity index (χ1) is 21.2. The van der Waals surface area contributed by atoms with Crippen LogP contribution in [0.15, 0.2) is 12.7 Å². The van der Waals surface area contributed by atoms with E-state index in [1.54, 1.807) is 13.8 Å². The van der Waals surface area contributed by atoms with Gasteiger partial charge in [-0.3, -0.25) is 28.8 Å². The van der Waals surface area contributed by atoms with E-state index in [4.69, 9.17) is 5.11 Å². The average molecular weight is 654 g/mol. The highest BCUT2D eigenvalue weighted by atomic mass is 16.4. The van der Waals surface area contributed by atoms with E-state index in [-0.39, 0.29) is 57.3 Å². The Morgan fingerprint density at radius 2 is 1.52 bits per heavy atom. The second kappa shape index (κ2) is 22.1. The average Bonchev–Trinajstić information content (AvgIpc) is 3.78. The summed E-state index contributed by atoms with van der Waals surface area (Å²) >= 11 is 0. The SMILES string of the molecule is C.C=CC[C@H](NC(=O)[C@@H](NC(=O)CCCC(=O)O)[C@@H](C)CC)C(=O)N[C@@H](CC(C)C)[C@@H](O)CC(=O)N[C@@H](CC1CC1)C(=O)NCC. The van der Waals surface area contributed by atoms with Crippen LogP contribution in [-0.4, -0.2) is 82.5 Å². The Hall–Kier alpha value is -3.48. The van der Waals surface area contributed by atoms with Crippen molar-refractivity contribution in [2.24, 2.45) is 17.8 Å². The van der Waals surface area contributed by atoms with Crippen molar-refractivity contribution in [1.29, 1.82) is 0 Å². The zero-order valence-electron chi connectivity index (χ0n) is 27.5. The number of rotatable bonds is 23. The summed E-state index contributed by atoms with van der Waals surface area (Å²) in [5.41, 5.74) is 0. The van der Waals surface area contributed by atoms with Crippen LogP contribution in [-0.2, 0) is 28.8 Å². The maximum Gasteiger partial charge on any atom is 0.303 e. The van der Waals surface area contributed by atoms with Crippen LogP contribution in [0, 0.1) is 17.8 Å². The van der Waals surface area contributed by atoms with Gasteiger partial charge in [0, 0.05) is 19.4 Å². The van der Waals surface area contributed by atoms with Gasteiger partial charge in [0.2, 0.25) is 29.5 Å². The van der Waals surface area contributed by atoms with Crippen molar-refractivity contribution in [3.63, 3.8) is 0 Å². The van der Waals surface area contributed by atoms with Crippen LogP contribution in [0.3, 0.4) is 0 Å². The van der Waals surface area contributed by atoms with Gasteiger partial charge in [0.05, 0.1) is 18.6 Å². The molecule has 7 N–H and O–H groups in total. The minimum atomic E-state index is -1.26. The highest BCUT2D eigenvalue weighted by Gasteiger charge is 2.34. The molecule has 0 aromatic heterocycles. The number of likely N-dealkylation sites (N-methyl/N-ethyl adjacent to an activating group) is 1. The van der Waals surface area contributed by atoms with Gasteiger partial charge in [-0.05, 0) is 50.4 Å². The molecule has 0 aliphatic heterocycles. The molecule has 0 radical (unpaired) electrons. The predicted molar refractivity (Wildman–Crippen MR) is 176 cm³/mol.